The van der Waals surface area contributed by atoms with Crippen molar-refractivity contribution in [3.8, 4) is 0 Å². The van der Waals surface area contributed by atoms with Gasteiger partial charge >= 0.3 is 5.97 Å². The van der Waals surface area contributed by atoms with Gasteiger partial charge in [0.2, 0.25) is 9.70 Å². The second-order valence-electron chi connectivity index (χ2n) is 6.44. The summed E-state index contributed by atoms with van der Waals surface area (Å²) in [4.78, 5) is 38.7. The first-order valence-corrected chi connectivity index (χ1v) is 10.6. The SMILES string of the molecule is CC1=C(C(=O)OCC(Cl)(Cl)Cl)N2C(=O)[C@@H](NC(=O)Cc3ccccc3)[C@H]2SC1. The van der Waals surface area contributed by atoms with E-state index >= 15 is 0 Å². The molecule has 1 fully saturated rings. The zero-order valence-electron chi connectivity index (χ0n) is 14.8. The lowest BCUT2D eigenvalue weighted by Gasteiger charge is -2.49. The Bertz CT molecular complexity index is 826. The number of thioether (sulfide) groups is 1. The van der Waals surface area contributed by atoms with Crippen LogP contribution in [-0.2, 0) is 25.5 Å². The zero-order valence-corrected chi connectivity index (χ0v) is 17.9. The average Bonchev–Trinajstić information content (AvgIpc) is 2.64. The van der Waals surface area contributed by atoms with Crippen molar-refractivity contribution in [2.45, 2.75) is 28.6 Å². The van der Waals surface area contributed by atoms with Crippen LogP contribution in [0.3, 0.4) is 0 Å². The van der Waals surface area contributed by atoms with Gasteiger partial charge in [-0.2, -0.15) is 0 Å². The summed E-state index contributed by atoms with van der Waals surface area (Å²) in [6.07, 6.45) is 0.176. The maximum absolute atomic E-state index is 12.6. The van der Waals surface area contributed by atoms with E-state index in [4.69, 9.17) is 39.5 Å². The molecule has 2 aliphatic rings. The van der Waals surface area contributed by atoms with E-state index in [1.54, 1.807) is 6.92 Å². The molecule has 150 valence electrons. The van der Waals surface area contributed by atoms with Gasteiger partial charge in [0.25, 0.3) is 5.91 Å². The number of carbonyl (C=O) groups is 3. The summed E-state index contributed by atoms with van der Waals surface area (Å²) in [5, 5.41) is 2.39. The van der Waals surface area contributed by atoms with Crippen molar-refractivity contribution in [1.29, 1.82) is 0 Å². The molecule has 0 saturated carbocycles. The topological polar surface area (TPSA) is 75.7 Å². The standard InChI is InChI=1S/C18H17Cl3N2O4S/c1-10-8-28-16-13(22-12(24)7-11-5-3-2-4-6-11)15(25)23(16)14(10)17(26)27-9-18(19,20)21/h2-6,13,16H,7-9H2,1H3,(H,22,24)/t13-,16-/m1/s1. The summed E-state index contributed by atoms with van der Waals surface area (Å²) in [6.45, 7) is 1.31. The Hall–Kier alpha value is -1.41. The van der Waals surface area contributed by atoms with E-state index in [0.717, 1.165) is 5.56 Å². The van der Waals surface area contributed by atoms with Gasteiger partial charge in [0, 0.05) is 5.75 Å². The lowest BCUT2D eigenvalue weighted by atomic mass is 10.0. The number of carbonyl (C=O) groups excluding carboxylic acids is 3. The van der Waals surface area contributed by atoms with Gasteiger partial charge in [-0.3, -0.25) is 14.5 Å². The van der Waals surface area contributed by atoms with Crippen LogP contribution in [0.5, 0.6) is 0 Å². The largest absolute Gasteiger partial charge is 0.456 e. The van der Waals surface area contributed by atoms with Crippen molar-refractivity contribution in [3.63, 3.8) is 0 Å². The molecule has 10 heteroatoms. The maximum Gasteiger partial charge on any atom is 0.355 e. The third-order valence-electron chi connectivity index (χ3n) is 4.24. The Morgan fingerprint density at radius 2 is 1.96 bits per heavy atom. The predicted molar refractivity (Wildman–Crippen MR) is 109 cm³/mol. The van der Waals surface area contributed by atoms with Crippen LogP contribution in [0.2, 0.25) is 0 Å². The summed E-state index contributed by atoms with van der Waals surface area (Å²) < 4.78 is 3.29. The first kappa shape index (κ1) is 21.3. The van der Waals surface area contributed by atoms with Crippen LogP contribution in [0.4, 0.5) is 0 Å². The molecule has 28 heavy (non-hydrogen) atoms. The summed E-state index contributed by atoms with van der Waals surface area (Å²) in [5.74, 6) is -0.815. The lowest BCUT2D eigenvalue weighted by Crippen LogP contribution is -2.70. The number of hydrogen-bond acceptors (Lipinski definition) is 5. The minimum Gasteiger partial charge on any atom is -0.456 e. The molecule has 2 heterocycles. The molecule has 1 aromatic carbocycles. The normalized spacial score (nSPS) is 21.7. The Kier molecular flexibility index (Phi) is 6.49. The summed E-state index contributed by atoms with van der Waals surface area (Å²) in [6, 6.07) is 8.55. The molecule has 2 aliphatic heterocycles. The highest BCUT2D eigenvalue weighted by molar-refractivity contribution is 8.00. The van der Waals surface area contributed by atoms with Gasteiger partial charge in [0.05, 0.1) is 6.42 Å². The lowest BCUT2D eigenvalue weighted by molar-refractivity contribution is -0.152. The van der Waals surface area contributed by atoms with Crippen molar-refractivity contribution in [2.75, 3.05) is 12.4 Å². The van der Waals surface area contributed by atoms with E-state index < -0.39 is 22.4 Å². The Morgan fingerprint density at radius 1 is 1.29 bits per heavy atom. The van der Waals surface area contributed by atoms with Gasteiger partial charge < -0.3 is 10.1 Å². The number of nitrogens with zero attached hydrogens (tertiary/aromatic N) is 1. The number of nitrogens with one attached hydrogen (secondary N) is 1. The molecule has 0 bridgehead atoms. The molecule has 0 spiro atoms. The molecule has 6 nitrogen and oxygen atoms in total. The maximum atomic E-state index is 12.6. The summed E-state index contributed by atoms with van der Waals surface area (Å²) in [7, 11) is 0. The van der Waals surface area contributed by atoms with Crippen molar-refractivity contribution in [3.05, 3.63) is 47.2 Å². The van der Waals surface area contributed by atoms with Gasteiger partial charge in [-0.05, 0) is 18.1 Å². The minimum atomic E-state index is -1.74. The molecular weight excluding hydrogens is 447 g/mol. The van der Waals surface area contributed by atoms with Crippen molar-refractivity contribution in [2.24, 2.45) is 0 Å². The van der Waals surface area contributed by atoms with Crippen LogP contribution < -0.4 is 5.32 Å². The molecule has 1 aromatic rings. The minimum absolute atomic E-state index is 0.150. The monoisotopic (exact) mass is 462 g/mol. The van der Waals surface area contributed by atoms with E-state index in [0.29, 0.717) is 11.3 Å². The van der Waals surface area contributed by atoms with Crippen molar-refractivity contribution < 1.29 is 19.1 Å². The molecule has 0 unspecified atom stereocenters. The fraction of sp³-hybridized carbons (Fsp3) is 0.389. The molecule has 0 aromatic heterocycles. The second kappa shape index (κ2) is 8.53. The van der Waals surface area contributed by atoms with Crippen LogP contribution in [0.1, 0.15) is 12.5 Å². The van der Waals surface area contributed by atoms with Crippen molar-refractivity contribution in [1.82, 2.24) is 10.2 Å². The highest BCUT2D eigenvalue weighted by Gasteiger charge is 2.54. The number of amides is 2. The molecule has 1 N–H and O–H groups in total. The van der Waals surface area contributed by atoms with Gasteiger partial charge in [0.1, 0.15) is 23.7 Å². The highest BCUT2D eigenvalue weighted by Crippen LogP contribution is 2.40. The number of halogens is 3. The zero-order chi connectivity index (χ0) is 20.5. The van der Waals surface area contributed by atoms with E-state index in [1.165, 1.54) is 16.7 Å². The number of fused-ring (bicyclic) bond motifs is 1. The van der Waals surface area contributed by atoms with Gasteiger partial charge in [-0.15, -0.1) is 11.8 Å². The fourth-order valence-corrected chi connectivity index (χ4v) is 4.44. The summed E-state index contributed by atoms with van der Waals surface area (Å²) in [5.41, 5.74) is 1.70. The second-order valence-corrected chi connectivity index (χ2v) is 10.1. The van der Waals surface area contributed by atoms with Gasteiger partial charge in [0.15, 0.2) is 0 Å². The number of esters is 1. The third kappa shape index (κ3) is 4.76. The van der Waals surface area contributed by atoms with E-state index in [1.807, 2.05) is 30.3 Å². The van der Waals surface area contributed by atoms with E-state index in [-0.39, 0.29) is 29.3 Å². The molecule has 0 radical (unpaired) electrons. The number of hydrogen-bond donors (Lipinski definition) is 1. The number of benzene rings is 1. The number of rotatable bonds is 5. The molecule has 1 saturated heterocycles. The number of β-lactam (4-membered cyclic amide) rings is 1. The molecule has 2 atom stereocenters. The third-order valence-corrected chi connectivity index (χ3v) is 5.99. The quantitative estimate of drug-likeness (QED) is 0.413. The van der Waals surface area contributed by atoms with Crippen LogP contribution in [0.15, 0.2) is 41.6 Å². The average molecular weight is 464 g/mol. The number of ether oxygens (including phenoxy) is 1. The van der Waals surface area contributed by atoms with E-state index in [2.05, 4.69) is 5.32 Å². The van der Waals surface area contributed by atoms with Crippen LogP contribution >= 0.6 is 46.6 Å². The van der Waals surface area contributed by atoms with Crippen LogP contribution in [0.25, 0.3) is 0 Å². The molecule has 0 aliphatic carbocycles. The predicted octanol–water partition coefficient (Wildman–Crippen LogP) is 2.82. The van der Waals surface area contributed by atoms with Crippen molar-refractivity contribution >= 4 is 64.3 Å². The van der Waals surface area contributed by atoms with Gasteiger partial charge in [-0.25, -0.2) is 4.79 Å². The summed E-state index contributed by atoms with van der Waals surface area (Å²) >= 11 is 18.3. The van der Waals surface area contributed by atoms with Crippen LogP contribution in [-0.4, -0.2) is 50.3 Å². The smallest absolute Gasteiger partial charge is 0.355 e. The Morgan fingerprint density at radius 3 is 2.61 bits per heavy atom. The van der Waals surface area contributed by atoms with Crippen LogP contribution in [0, 0.1) is 0 Å². The Balaban J connectivity index is 1.64. The van der Waals surface area contributed by atoms with E-state index in [9.17, 15) is 14.4 Å². The first-order valence-electron chi connectivity index (χ1n) is 8.39. The molecule has 3 rings (SSSR count). The fourth-order valence-electron chi connectivity index (χ4n) is 2.98. The molecular formula is C18H17Cl3N2O4S. The molecule has 2 amide bonds. The highest BCUT2D eigenvalue weighted by atomic mass is 35.6. The first-order chi connectivity index (χ1) is 13.2. The number of alkyl halides is 3. The van der Waals surface area contributed by atoms with Gasteiger partial charge in [-0.1, -0.05) is 65.1 Å². The Labute approximate surface area is 181 Å².